The molecule has 1 N–H and O–H groups in total. The Morgan fingerprint density at radius 1 is 0.474 bits per heavy atom. The number of likely N-dealkylation sites (N-methyl/N-ethyl adjacent to an activating group) is 3. The second kappa shape index (κ2) is 20.1. The van der Waals surface area contributed by atoms with Crippen LogP contribution in [0.1, 0.15) is 32.0 Å². The third-order valence-electron chi connectivity index (χ3n) is 14.1. The number of fused-ring (bicyclic) bond motifs is 2. The molecule has 3 aromatic carbocycles. The Labute approximate surface area is 478 Å². The molecule has 0 spiro atoms. The second-order valence-corrected chi connectivity index (χ2v) is 25.6. The molecule has 78 heavy (non-hydrogen) atoms. The van der Waals surface area contributed by atoms with E-state index in [-0.39, 0.29) is 23.6 Å². The molecule has 4 amide bonds. The average Bonchev–Trinajstić information content (AvgIpc) is 4.45. The summed E-state index contributed by atoms with van der Waals surface area (Å²) in [6.45, 7) is 2.01. The lowest BCUT2D eigenvalue weighted by atomic mass is 10.1. The van der Waals surface area contributed by atoms with E-state index in [1.165, 1.54) is 34.7 Å². The van der Waals surface area contributed by atoms with Crippen molar-refractivity contribution >= 4 is 148 Å². The molecule has 0 atom stereocenters. The van der Waals surface area contributed by atoms with Crippen molar-refractivity contribution in [2.75, 3.05) is 33.2 Å². The highest BCUT2D eigenvalue weighted by molar-refractivity contribution is 8.04. The van der Waals surface area contributed by atoms with E-state index >= 15 is 0 Å². The van der Waals surface area contributed by atoms with Gasteiger partial charge in [0.25, 0.3) is 23.6 Å². The number of carbonyl (C=O) groups is 4. The Morgan fingerprint density at radius 3 is 1.33 bits per heavy atom. The van der Waals surface area contributed by atoms with Crippen LogP contribution in [-0.4, -0.2) is 66.6 Å². The van der Waals surface area contributed by atoms with Crippen LogP contribution < -0.4 is 10.2 Å². The maximum atomic E-state index is 13.7. The van der Waals surface area contributed by atoms with Crippen LogP contribution in [-0.2, 0) is 23.4 Å². The number of benzene rings is 3. The standard InChI is InChI=1S/C61H43N5O5S7/c1-6-39(78-71-5)33-11-17-36(18-12-33)66(37-19-13-34(14-20-37)40-23-25-42(74-40)44-27-29-46(76-44)54-50-51(58(67)62-54)55(63(2)59(50)68)47-9-7-31-72-47)38-21-15-35(16-22-38)41-24-26-43(75-41)45-28-30-49(77-45)57-53-52(60(69)65(57)4)56(64(3)61(53)70)48-10-8-32-73-48/h6-32H,1-5H3,(H,62,67)/b39-6-. The summed E-state index contributed by atoms with van der Waals surface area (Å²) in [4.78, 5) is 72.6. The molecule has 0 saturated heterocycles. The van der Waals surface area contributed by atoms with Gasteiger partial charge in [-0.3, -0.25) is 19.2 Å². The highest BCUT2D eigenvalue weighted by Gasteiger charge is 2.48. The van der Waals surface area contributed by atoms with Gasteiger partial charge in [0.15, 0.2) is 0 Å². The maximum absolute atomic E-state index is 13.7. The minimum absolute atomic E-state index is 0.163. The predicted octanol–water partition coefficient (Wildman–Crippen LogP) is 15.6. The fourth-order valence-corrected chi connectivity index (χ4v) is 16.8. The second-order valence-electron chi connectivity index (χ2n) is 18.5. The Balaban J connectivity index is 0.767. The summed E-state index contributed by atoms with van der Waals surface area (Å²) in [5.74, 6) is -0.758. The van der Waals surface area contributed by atoms with Crippen LogP contribution in [0, 0.1) is 0 Å². The summed E-state index contributed by atoms with van der Waals surface area (Å²) in [6, 6.07) is 50.4. The molecule has 0 aliphatic carbocycles. The van der Waals surface area contributed by atoms with Crippen LogP contribution in [0.5, 0.6) is 0 Å². The fraction of sp³-hybridized carbons (Fsp3) is 0.0820. The van der Waals surface area contributed by atoms with E-state index in [0.29, 0.717) is 45.1 Å². The topological polar surface area (TPSA) is 102 Å². The number of carbonyl (C=O) groups excluding carboxylic acids is 4. The van der Waals surface area contributed by atoms with Crippen molar-refractivity contribution in [1.29, 1.82) is 0 Å². The first-order chi connectivity index (χ1) is 38.0. The van der Waals surface area contributed by atoms with Gasteiger partial charge in [0, 0.05) is 84.4 Å². The zero-order chi connectivity index (χ0) is 53.5. The molecule has 6 aromatic heterocycles. The minimum atomic E-state index is -0.251. The molecule has 4 aliphatic rings. The van der Waals surface area contributed by atoms with Crippen LogP contribution in [0.2, 0.25) is 0 Å². The van der Waals surface area contributed by atoms with E-state index in [0.717, 1.165) is 87.4 Å². The van der Waals surface area contributed by atoms with Gasteiger partial charge in [-0.15, -0.1) is 68.0 Å². The number of thiophene rings is 6. The lowest BCUT2D eigenvalue weighted by Gasteiger charge is -2.26. The van der Waals surface area contributed by atoms with E-state index in [2.05, 4.69) is 125 Å². The van der Waals surface area contributed by atoms with Gasteiger partial charge in [0.2, 0.25) is 0 Å². The first-order valence-electron chi connectivity index (χ1n) is 24.6. The summed E-state index contributed by atoms with van der Waals surface area (Å²) in [7, 11) is 6.91. The highest BCUT2D eigenvalue weighted by Crippen LogP contribution is 2.50. The summed E-state index contributed by atoms with van der Waals surface area (Å²) in [6.07, 6.45) is 2.05. The van der Waals surface area contributed by atoms with Crippen LogP contribution in [0.15, 0.2) is 185 Å². The van der Waals surface area contributed by atoms with Crippen molar-refractivity contribution in [3.8, 4) is 40.4 Å². The number of nitrogens with one attached hydrogen (secondary N) is 1. The van der Waals surface area contributed by atoms with Gasteiger partial charge in [0.05, 0.1) is 71.7 Å². The largest absolute Gasteiger partial charge is 0.320 e. The molecule has 13 rings (SSSR count). The Morgan fingerprint density at radius 2 is 0.872 bits per heavy atom. The van der Waals surface area contributed by atoms with Gasteiger partial charge in [-0.1, -0.05) is 54.6 Å². The van der Waals surface area contributed by atoms with Crippen molar-refractivity contribution < 1.29 is 23.4 Å². The Kier molecular flexibility index (Phi) is 12.9. The minimum Gasteiger partial charge on any atom is -0.320 e. The number of hydrogen-bond acceptors (Lipinski definition) is 13. The van der Waals surface area contributed by atoms with E-state index in [1.54, 1.807) is 88.3 Å². The molecule has 0 radical (unpaired) electrons. The highest BCUT2D eigenvalue weighted by atomic mass is 32.2. The predicted molar refractivity (Wildman–Crippen MR) is 325 cm³/mol. The van der Waals surface area contributed by atoms with Gasteiger partial charge < -0.3 is 29.1 Å². The van der Waals surface area contributed by atoms with Crippen molar-refractivity contribution in [2.45, 2.75) is 6.92 Å². The number of amides is 4. The van der Waals surface area contributed by atoms with Crippen LogP contribution in [0.25, 0.3) is 68.1 Å². The molecule has 0 saturated carbocycles. The fourth-order valence-electron chi connectivity index (χ4n) is 10.3. The summed E-state index contributed by atoms with van der Waals surface area (Å²) in [5, 5.41) is 6.93. The zero-order valence-electron chi connectivity index (χ0n) is 42.3. The SMILES string of the molecule is C/C=C(\SOC)c1ccc(N(c2ccc(-c3ccc(-c4ccc(C5=C6C(=O)N(C)C(c7cccs7)=C6C(=O)N5)s4)s3)cc2)c2ccc(-c3ccc(-c4ccc(C5=C6C(=O)N(C)C(c7cccs7)=C6C(=O)N5C)s4)s3)cc2)cc1. The zero-order valence-corrected chi connectivity index (χ0v) is 48.0. The first kappa shape index (κ1) is 50.1. The molecule has 10 heterocycles. The normalized spacial score (nSPS) is 15.6. The number of allylic oxidation sites excluding steroid dienone is 1. The lowest BCUT2D eigenvalue weighted by molar-refractivity contribution is -0.123. The molecular formula is C61H43N5O5S7. The molecule has 0 unspecified atom stereocenters. The molecule has 17 heteroatoms. The molecular weight excluding hydrogens is 1110 g/mol. The molecule has 9 aromatic rings. The van der Waals surface area contributed by atoms with E-state index < -0.39 is 0 Å². The summed E-state index contributed by atoms with van der Waals surface area (Å²) < 4.78 is 5.42. The van der Waals surface area contributed by atoms with Crippen molar-refractivity contribution in [3.63, 3.8) is 0 Å². The van der Waals surface area contributed by atoms with E-state index in [9.17, 15) is 19.2 Å². The third kappa shape index (κ3) is 8.35. The molecule has 0 fully saturated rings. The van der Waals surface area contributed by atoms with Gasteiger partial charge in [-0.25, -0.2) is 0 Å². The van der Waals surface area contributed by atoms with Crippen molar-refractivity contribution in [3.05, 3.63) is 210 Å². The quantitative estimate of drug-likeness (QED) is 0.108. The van der Waals surface area contributed by atoms with E-state index in [1.807, 2.05) is 54.1 Å². The average molecular weight is 1150 g/mol. The monoisotopic (exact) mass is 1150 g/mol. The number of nitrogens with zero attached hydrogens (tertiary/aromatic N) is 4. The Hall–Kier alpha value is -7.45. The van der Waals surface area contributed by atoms with Crippen molar-refractivity contribution in [2.24, 2.45) is 0 Å². The smallest absolute Gasteiger partial charge is 0.261 e. The number of anilines is 3. The van der Waals surface area contributed by atoms with E-state index in [4.69, 9.17) is 4.18 Å². The number of rotatable bonds is 14. The Bertz CT molecular complexity index is 4090. The van der Waals surface area contributed by atoms with Crippen LogP contribution in [0.3, 0.4) is 0 Å². The maximum Gasteiger partial charge on any atom is 0.261 e. The van der Waals surface area contributed by atoms with Crippen LogP contribution >= 0.6 is 80.1 Å². The lowest BCUT2D eigenvalue weighted by Crippen LogP contribution is -2.24. The number of hydrogen-bond donors (Lipinski definition) is 1. The van der Waals surface area contributed by atoms with Gasteiger partial charge in [-0.05, 0) is 131 Å². The molecule has 4 aliphatic heterocycles. The van der Waals surface area contributed by atoms with Gasteiger partial charge in [0.1, 0.15) is 0 Å². The van der Waals surface area contributed by atoms with Crippen LogP contribution in [0.4, 0.5) is 17.1 Å². The third-order valence-corrected chi connectivity index (χ3v) is 21.5. The molecule has 0 bridgehead atoms. The van der Waals surface area contributed by atoms with Gasteiger partial charge >= 0.3 is 0 Å². The van der Waals surface area contributed by atoms with Gasteiger partial charge in [-0.2, -0.15) is 0 Å². The van der Waals surface area contributed by atoms with Crippen molar-refractivity contribution in [1.82, 2.24) is 20.0 Å². The molecule has 10 nitrogen and oxygen atoms in total. The molecule has 384 valence electrons. The summed E-state index contributed by atoms with van der Waals surface area (Å²) in [5.41, 5.74) is 10.6. The summed E-state index contributed by atoms with van der Waals surface area (Å²) >= 11 is 10.9. The first-order valence-corrected chi connectivity index (χ1v) is 30.4.